The van der Waals surface area contributed by atoms with E-state index in [2.05, 4.69) is 38.1 Å². The summed E-state index contributed by atoms with van der Waals surface area (Å²) in [6.45, 7) is 7.50. The van der Waals surface area contributed by atoms with Crippen molar-refractivity contribution in [3.05, 3.63) is 42.0 Å². The molecule has 5 aliphatic rings. The van der Waals surface area contributed by atoms with E-state index in [4.69, 9.17) is 24.0 Å². The number of benzene rings is 1. The fourth-order valence-corrected chi connectivity index (χ4v) is 6.02. The second-order valence-electron chi connectivity index (χ2n) is 9.61. The van der Waals surface area contributed by atoms with Crippen molar-refractivity contribution in [2.75, 3.05) is 13.2 Å². The largest absolute Gasteiger partial charge is 0.374 e. The lowest BCUT2D eigenvalue weighted by atomic mass is 9.60. The molecule has 158 valence electrons. The zero-order chi connectivity index (χ0) is 20.1. The van der Waals surface area contributed by atoms with Crippen molar-refractivity contribution in [3.8, 4) is 0 Å². The van der Waals surface area contributed by atoms with Gasteiger partial charge in [-0.25, -0.2) is 9.78 Å². The minimum Gasteiger partial charge on any atom is -0.374 e. The summed E-state index contributed by atoms with van der Waals surface area (Å²) < 4.78 is 19.0. The molecule has 7 atom stereocenters. The van der Waals surface area contributed by atoms with Crippen LogP contribution in [-0.2, 0) is 24.0 Å². The van der Waals surface area contributed by atoms with Crippen LogP contribution < -0.4 is 0 Å². The van der Waals surface area contributed by atoms with Crippen molar-refractivity contribution in [3.63, 3.8) is 0 Å². The molecular formula is C24H32O5. The van der Waals surface area contributed by atoms with Crippen LogP contribution in [0.5, 0.6) is 0 Å². The van der Waals surface area contributed by atoms with Crippen LogP contribution in [0.4, 0.5) is 0 Å². The molecule has 5 nitrogen and oxygen atoms in total. The van der Waals surface area contributed by atoms with Crippen LogP contribution >= 0.6 is 0 Å². The van der Waals surface area contributed by atoms with E-state index < -0.39 is 23.3 Å². The van der Waals surface area contributed by atoms with Gasteiger partial charge in [0.2, 0.25) is 5.79 Å². The maximum absolute atomic E-state index is 6.57. The van der Waals surface area contributed by atoms with Crippen LogP contribution in [0.25, 0.3) is 6.08 Å². The predicted octanol–water partition coefficient (Wildman–Crippen LogP) is 4.72. The molecule has 0 aromatic heterocycles. The third-order valence-electron chi connectivity index (χ3n) is 7.54. The highest BCUT2D eigenvalue weighted by Gasteiger charge is 2.73. The number of hydrogen-bond acceptors (Lipinski definition) is 5. The topological polar surface area (TPSA) is 46.2 Å². The monoisotopic (exact) mass is 400 g/mol. The van der Waals surface area contributed by atoms with Gasteiger partial charge < -0.3 is 14.2 Å². The van der Waals surface area contributed by atoms with Gasteiger partial charge in [0.15, 0.2) is 11.9 Å². The second kappa shape index (κ2) is 7.17. The molecule has 1 aromatic rings. The summed E-state index contributed by atoms with van der Waals surface area (Å²) in [7, 11) is 0. The molecule has 5 fully saturated rings. The van der Waals surface area contributed by atoms with Gasteiger partial charge in [0.25, 0.3) is 0 Å². The van der Waals surface area contributed by atoms with Gasteiger partial charge in [-0.2, -0.15) is 0 Å². The Morgan fingerprint density at radius 1 is 1.07 bits per heavy atom. The number of rotatable bonds is 5. The Balaban J connectivity index is 1.31. The van der Waals surface area contributed by atoms with Crippen molar-refractivity contribution in [2.45, 2.75) is 69.7 Å². The van der Waals surface area contributed by atoms with E-state index in [1.54, 1.807) is 0 Å². The molecule has 0 N–H and O–H groups in total. The first-order chi connectivity index (χ1) is 14.0. The van der Waals surface area contributed by atoms with Crippen LogP contribution in [0.15, 0.2) is 36.4 Å². The van der Waals surface area contributed by atoms with E-state index in [-0.39, 0.29) is 5.92 Å². The molecule has 1 unspecified atom stereocenters. The van der Waals surface area contributed by atoms with Gasteiger partial charge in [-0.3, -0.25) is 0 Å². The molecule has 2 bridgehead atoms. The quantitative estimate of drug-likeness (QED) is 0.529. The van der Waals surface area contributed by atoms with E-state index >= 15 is 0 Å². The smallest absolute Gasteiger partial charge is 0.201 e. The fraction of sp³-hybridized carbons (Fsp3) is 0.667. The van der Waals surface area contributed by atoms with Gasteiger partial charge in [-0.05, 0) is 50.5 Å². The normalized spacial score (nSPS) is 46.0. The molecule has 1 spiro atoms. The average molecular weight is 401 g/mol. The average Bonchev–Trinajstić information content (AvgIpc) is 2.80. The molecule has 1 aliphatic carbocycles. The van der Waals surface area contributed by atoms with E-state index in [1.807, 2.05) is 25.1 Å². The molecule has 6 rings (SSSR count). The molecule has 5 heteroatoms. The Morgan fingerprint density at radius 3 is 2.72 bits per heavy atom. The van der Waals surface area contributed by atoms with E-state index in [0.29, 0.717) is 25.0 Å². The van der Waals surface area contributed by atoms with Gasteiger partial charge in [0, 0.05) is 12.3 Å². The highest BCUT2D eigenvalue weighted by atomic mass is 17.3. The maximum atomic E-state index is 6.57. The molecule has 1 saturated carbocycles. The standard InChI is InChI=1S/C24H32O5/c1-17-11-12-20-22(2,16-25-15-7-10-18-8-5-4-6-9-18)26-21-24(20)19(17)13-14-23(3,27-21)28-29-24/h4-10,17,19-21H,11-16H2,1-3H3/b10-7+/t17-,19?,20+,21-,22-,23+,24-/m1/s1. The molecule has 0 amide bonds. The second-order valence-corrected chi connectivity index (χ2v) is 9.61. The Morgan fingerprint density at radius 2 is 1.90 bits per heavy atom. The summed E-state index contributed by atoms with van der Waals surface area (Å²) in [5.41, 5.74) is 0.204. The van der Waals surface area contributed by atoms with Gasteiger partial charge in [0.1, 0.15) is 0 Å². The lowest BCUT2D eigenvalue weighted by Gasteiger charge is -2.50. The van der Waals surface area contributed by atoms with Crippen molar-refractivity contribution in [1.29, 1.82) is 0 Å². The van der Waals surface area contributed by atoms with Crippen LogP contribution in [0.3, 0.4) is 0 Å². The lowest BCUT2D eigenvalue weighted by Crippen LogP contribution is -2.62. The molecule has 4 saturated heterocycles. The van der Waals surface area contributed by atoms with Crippen LogP contribution in [-0.4, -0.2) is 36.5 Å². The van der Waals surface area contributed by atoms with E-state index in [0.717, 1.165) is 19.3 Å². The van der Waals surface area contributed by atoms with E-state index in [9.17, 15) is 0 Å². The zero-order valence-electron chi connectivity index (χ0n) is 17.6. The summed E-state index contributed by atoms with van der Waals surface area (Å²) in [4.78, 5) is 12.0. The van der Waals surface area contributed by atoms with Crippen molar-refractivity contribution in [2.24, 2.45) is 17.8 Å². The van der Waals surface area contributed by atoms with Crippen molar-refractivity contribution >= 4 is 6.08 Å². The van der Waals surface area contributed by atoms with Gasteiger partial charge in [-0.15, -0.1) is 0 Å². The summed E-state index contributed by atoms with van der Waals surface area (Å²) in [5.74, 6) is 0.432. The Kier molecular flexibility index (Phi) is 4.87. The van der Waals surface area contributed by atoms with Crippen LogP contribution in [0, 0.1) is 17.8 Å². The summed E-state index contributed by atoms with van der Waals surface area (Å²) in [6.07, 6.45) is 7.85. The first-order valence-electron chi connectivity index (χ1n) is 11.0. The summed E-state index contributed by atoms with van der Waals surface area (Å²) in [5, 5.41) is 0. The minimum absolute atomic E-state index is 0.196. The minimum atomic E-state index is -0.720. The number of fused-ring (bicyclic) bond motifs is 2. The van der Waals surface area contributed by atoms with Crippen molar-refractivity contribution < 1.29 is 24.0 Å². The molecule has 1 aromatic carbocycles. The Hall–Kier alpha value is -1.24. The predicted molar refractivity (Wildman–Crippen MR) is 109 cm³/mol. The van der Waals surface area contributed by atoms with Gasteiger partial charge >= 0.3 is 0 Å². The molecular weight excluding hydrogens is 368 g/mol. The van der Waals surface area contributed by atoms with E-state index in [1.165, 1.54) is 12.0 Å². The zero-order valence-corrected chi connectivity index (χ0v) is 17.6. The van der Waals surface area contributed by atoms with Gasteiger partial charge in [0.05, 0.1) is 18.8 Å². The fourth-order valence-electron chi connectivity index (χ4n) is 6.02. The molecule has 4 aliphatic heterocycles. The first kappa shape index (κ1) is 19.7. The molecule has 29 heavy (non-hydrogen) atoms. The summed E-state index contributed by atoms with van der Waals surface area (Å²) >= 11 is 0. The summed E-state index contributed by atoms with van der Waals surface area (Å²) in [6, 6.07) is 10.3. The molecule has 4 heterocycles. The van der Waals surface area contributed by atoms with Crippen molar-refractivity contribution in [1.82, 2.24) is 0 Å². The number of ether oxygens (including phenoxy) is 3. The third kappa shape index (κ3) is 3.19. The maximum Gasteiger partial charge on any atom is 0.201 e. The van der Waals surface area contributed by atoms with Gasteiger partial charge in [-0.1, -0.05) is 49.4 Å². The first-order valence-corrected chi connectivity index (χ1v) is 11.0. The number of hydrogen-bond donors (Lipinski definition) is 0. The molecule has 0 radical (unpaired) electrons. The highest BCUT2D eigenvalue weighted by Crippen LogP contribution is 2.63. The SMILES string of the molecule is C[C@@H]1CC[C@@H]2[C@]34OO[C@@](C)(CCC13)O[C@H]4O[C@]2(C)COC/C=C/c1ccccc1. The van der Waals surface area contributed by atoms with Crippen LogP contribution in [0.2, 0.25) is 0 Å². The highest BCUT2D eigenvalue weighted by molar-refractivity contribution is 5.48. The Labute approximate surface area is 173 Å². The van der Waals surface area contributed by atoms with Crippen LogP contribution in [0.1, 0.15) is 52.0 Å². The third-order valence-corrected chi connectivity index (χ3v) is 7.54. The Bertz CT molecular complexity index is 766. The lowest BCUT2D eigenvalue weighted by molar-refractivity contribution is -0.541.